The quantitative estimate of drug-likeness (QED) is 0.755. The van der Waals surface area contributed by atoms with Crippen LogP contribution in [0.1, 0.15) is 5.76 Å². The van der Waals surface area contributed by atoms with Crippen molar-refractivity contribution in [3.8, 4) is 17.1 Å². The number of furan rings is 1. The largest absolute Gasteiger partial charge is 0.480 e. The Morgan fingerprint density at radius 2 is 2.21 bits per heavy atom. The van der Waals surface area contributed by atoms with E-state index in [1.54, 1.807) is 36.6 Å². The molecule has 2 aromatic heterocycles. The van der Waals surface area contributed by atoms with Crippen LogP contribution in [-0.4, -0.2) is 22.8 Å². The highest BCUT2D eigenvalue weighted by Crippen LogP contribution is 2.24. The predicted octanol–water partition coefficient (Wildman–Crippen LogP) is 2.61. The van der Waals surface area contributed by atoms with Gasteiger partial charge in [0.2, 0.25) is 11.8 Å². The molecule has 7 heteroatoms. The number of benzene rings is 1. The Kier molecular flexibility index (Phi) is 4.60. The van der Waals surface area contributed by atoms with Crippen molar-refractivity contribution >= 4 is 5.91 Å². The zero-order valence-electron chi connectivity index (χ0n) is 13.0. The molecule has 1 amide bonds. The third-order valence-electron chi connectivity index (χ3n) is 3.42. The summed E-state index contributed by atoms with van der Waals surface area (Å²) in [5.41, 5.74) is 1.21. The molecule has 0 atom stereocenters. The van der Waals surface area contributed by atoms with E-state index < -0.39 is 0 Å². The van der Waals surface area contributed by atoms with Gasteiger partial charge in [0.25, 0.3) is 0 Å². The van der Waals surface area contributed by atoms with Crippen LogP contribution in [0.2, 0.25) is 0 Å². The summed E-state index contributed by atoms with van der Waals surface area (Å²) in [4.78, 5) is 12.1. The summed E-state index contributed by atoms with van der Waals surface area (Å²) in [5.74, 6) is 0.413. The number of nitrogens with one attached hydrogen (secondary N) is 1. The molecule has 1 aromatic carbocycles. The van der Waals surface area contributed by atoms with Gasteiger partial charge < -0.3 is 14.5 Å². The highest BCUT2D eigenvalue weighted by molar-refractivity contribution is 5.76. The van der Waals surface area contributed by atoms with Crippen molar-refractivity contribution < 1.29 is 18.3 Å². The summed E-state index contributed by atoms with van der Waals surface area (Å²) in [6.07, 6.45) is 1.54. The first-order valence-electron chi connectivity index (χ1n) is 7.32. The second kappa shape index (κ2) is 6.99. The minimum atomic E-state index is -0.360. The summed E-state index contributed by atoms with van der Waals surface area (Å²) in [7, 11) is 1.49. The highest BCUT2D eigenvalue weighted by atomic mass is 19.1. The maximum atomic E-state index is 13.5. The van der Waals surface area contributed by atoms with E-state index in [1.165, 1.54) is 23.9 Å². The van der Waals surface area contributed by atoms with E-state index in [-0.39, 0.29) is 18.3 Å². The lowest BCUT2D eigenvalue weighted by Crippen LogP contribution is -2.27. The third kappa shape index (κ3) is 3.62. The SMILES string of the molecule is COc1cc(-c2cccc(F)c2)n(CC(=O)NCc2ccco2)n1. The molecule has 124 valence electrons. The van der Waals surface area contributed by atoms with Crippen molar-refractivity contribution in [2.45, 2.75) is 13.1 Å². The molecule has 2 heterocycles. The standard InChI is InChI=1S/C17H16FN3O3/c1-23-17-9-15(12-4-2-5-13(18)8-12)21(20-17)11-16(22)19-10-14-6-3-7-24-14/h2-9H,10-11H2,1H3,(H,19,22). The zero-order valence-corrected chi connectivity index (χ0v) is 13.0. The van der Waals surface area contributed by atoms with Crippen molar-refractivity contribution in [3.05, 3.63) is 60.3 Å². The van der Waals surface area contributed by atoms with E-state index in [0.29, 0.717) is 29.4 Å². The number of halogens is 1. The van der Waals surface area contributed by atoms with Gasteiger partial charge in [-0.2, -0.15) is 0 Å². The van der Waals surface area contributed by atoms with E-state index in [2.05, 4.69) is 10.4 Å². The van der Waals surface area contributed by atoms with Crippen molar-refractivity contribution in [2.75, 3.05) is 7.11 Å². The van der Waals surface area contributed by atoms with Crippen LogP contribution in [0.4, 0.5) is 4.39 Å². The first-order chi connectivity index (χ1) is 11.7. The predicted molar refractivity (Wildman–Crippen MR) is 84.7 cm³/mol. The number of amides is 1. The normalized spacial score (nSPS) is 10.6. The number of nitrogens with zero attached hydrogens (tertiary/aromatic N) is 2. The van der Waals surface area contributed by atoms with Crippen molar-refractivity contribution in [3.63, 3.8) is 0 Å². The lowest BCUT2D eigenvalue weighted by Gasteiger charge is -2.08. The number of aromatic nitrogens is 2. The highest BCUT2D eigenvalue weighted by Gasteiger charge is 2.14. The molecule has 0 radical (unpaired) electrons. The fraction of sp³-hybridized carbons (Fsp3) is 0.176. The van der Waals surface area contributed by atoms with Gasteiger partial charge >= 0.3 is 0 Å². The Balaban J connectivity index is 1.77. The van der Waals surface area contributed by atoms with Crippen LogP contribution in [0.25, 0.3) is 11.3 Å². The molecule has 1 N–H and O–H groups in total. The van der Waals surface area contributed by atoms with E-state index in [0.717, 1.165) is 0 Å². The molecular formula is C17H16FN3O3. The fourth-order valence-corrected chi connectivity index (χ4v) is 2.28. The van der Waals surface area contributed by atoms with Gasteiger partial charge in [0.15, 0.2) is 0 Å². The number of carbonyl (C=O) groups excluding carboxylic acids is 1. The fourth-order valence-electron chi connectivity index (χ4n) is 2.28. The minimum absolute atomic E-state index is 0.0179. The van der Waals surface area contributed by atoms with Crippen molar-refractivity contribution in [2.24, 2.45) is 0 Å². The van der Waals surface area contributed by atoms with Gasteiger partial charge in [-0.25, -0.2) is 4.39 Å². The number of methoxy groups -OCH3 is 1. The molecule has 0 spiro atoms. The van der Waals surface area contributed by atoms with E-state index in [4.69, 9.17) is 9.15 Å². The van der Waals surface area contributed by atoms with Gasteiger partial charge in [-0.1, -0.05) is 12.1 Å². The number of hydrogen-bond acceptors (Lipinski definition) is 4. The minimum Gasteiger partial charge on any atom is -0.480 e. The van der Waals surface area contributed by atoms with Crippen LogP contribution >= 0.6 is 0 Å². The first-order valence-corrected chi connectivity index (χ1v) is 7.32. The molecule has 24 heavy (non-hydrogen) atoms. The summed E-state index contributed by atoms with van der Waals surface area (Å²) in [6.45, 7) is 0.273. The van der Waals surface area contributed by atoms with Gasteiger partial charge in [-0.15, -0.1) is 5.10 Å². The van der Waals surface area contributed by atoms with Crippen LogP contribution in [-0.2, 0) is 17.9 Å². The smallest absolute Gasteiger partial charge is 0.242 e. The van der Waals surface area contributed by atoms with Crippen molar-refractivity contribution in [1.82, 2.24) is 15.1 Å². The Labute approximate surface area is 137 Å². The number of carbonyl (C=O) groups is 1. The molecule has 0 aliphatic rings. The molecule has 0 aliphatic carbocycles. The number of rotatable bonds is 6. The Morgan fingerprint density at radius 3 is 2.92 bits per heavy atom. The summed E-state index contributed by atoms with van der Waals surface area (Å²) >= 11 is 0. The Morgan fingerprint density at radius 1 is 1.33 bits per heavy atom. The van der Waals surface area contributed by atoms with Gasteiger partial charge in [-0.05, 0) is 24.3 Å². The molecular weight excluding hydrogens is 313 g/mol. The topological polar surface area (TPSA) is 69.3 Å². The average Bonchev–Trinajstić information content (AvgIpc) is 3.22. The van der Waals surface area contributed by atoms with Crippen LogP contribution in [0.5, 0.6) is 5.88 Å². The monoisotopic (exact) mass is 329 g/mol. The van der Waals surface area contributed by atoms with E-state index in [9.17, 15) is 9.18 Å². The summed E-state index contributed by atoms with van der Waals surface area (Å²) in [5, 5.41) is 6.95. The second-order valence-electron chi connectivity index (χ2n) is 5.10. The molecule has 0 aliphatic heterocycles. The molecule has 6 nitrogen and oxygen atoms in total. The molecule has 0 fully saturated rings. The molecule has 0 saturated carbocycles. The molecule has 0 saturated heterocycles. The maximum Gasteiger partial charge on any atom is 0.242 e. The first kappa shape index (κ1) is 15.8. The lowest BCUT2D eigenvalue weighted by atomic mass is 10.1. The van der Waals surface area contributed by atoms with Gasteiger partial charge in [-0.3, -0.25) is 9.48 Å². The molecule has 0 bridgehead atoms. The van der Waals surface area contributed by atoms with Crippen LogP contribution in [0.3, 0.4) is 0 Å². The number of ether oxygens (including phenoxy) is 1. The molecule has 0 unspecified atom stereocenters. The Bertz CT molecular complexity index is 827. The maximum absolute atomic E-state index is 13.5. The molecule has 3 aromatic rings. The van der Waals surface area contributed by atoms with Crippen LogP contribution in [0.15, 0.2) is 53.1 Å². The Hall–Kier alpha value is -3.09. The lowest BCUT2D eigenvalue weighted by molar-refractivity contribution is -0.122. The van der Waals surface area contributed by atoms with Gasteiger partial charge in [0.05, 0.1) is 25.6 Å². The van der Waals surface area contributed by atoms with Crippen molar-refractivity contribution in [1.29, 1.82) is 0 Å². The third-order valence-corrected chi connectivity index (χ3v) is 3.42. The molecule has 3 rings (SSSR count). The zero-order chi connectivity index (χ0) is 16.9. The van der Waals surface area contributed by atoms with Gasteiger partial charge in [0.1, 0.15) is 18.1 Å². The van der Waals surface area contributed by atoms with Crippen LogP contribution in [0, 0.1) is 5.82 Å². The average molecular weight is 329 g/mol. The van der Waals surface area contributed by atoms with Gasteiger partial charge in [0, 0.05) is 11.6 Å². The summed E-state index contributed by atoms with van der Waals surface area (Å²) in [6, 6.07) is 11.3. The van der Waals surface area contributed by atoms with E-state index >= 15 is 0 Å². The second-order valence-corrected chi connectivity index (χ2v) is 5.10. The summed E-state index contributed by atoms with van der Waals surface area (Å²) < 4.78 is 25.2. The number of hydrogen-bond donors (Lipinski definition) is 1. The van der Waals surface area contributed by atoms with E-state index in [1.807, 2.05) is 0 Å². The van der Waals surface area contributed by atoms with Crippen LogP contribution < -0.4 is 10.1 Å².